The SMILES string of the molecule is Cc1ccc2c(NC(=O)c3ccc(C(C)C)cc3)n[nH]c2n1. The van der Waals surface area contributed by atoms with Crippen molar-refractivity contribution in [3.63, 3.8) is 0 Å². The number of carbonyl (C=O) groups is 1. The van der Waals surface area contributed by atoms with Crippen LogP contribution in [0.1, 0.15) is 41.4 Å². The van der Waals surface area contributed by atoms with Gasteiger partial charge in [0.05, 0.1) is 5.39 Å². The minimum atomic E-state index is -0.177. The van der Waals surface area contributed by atoms with E-state index in [1.165, 1.54) is 5.56 Å². The zero-order valence-corrected chi connectivity index (χ0v) is 12.8. The van der Waals surface area contributed by atoms with Crippen molar-refractivity contribution in [2.24, 2.45) is 0 Å². The van der Waals surface area contributed by atoms with E-state index in [9.17, 15) is 4.79 Å². The van der Waals surface area contributed by atoms with Crippen LogP contribution in [0.2, 0.25) is 0 Å². The molecule has 5 heteroatoms. The third-order valence-corrected chi connectivity index (χ3v) is 3.63. The Morgan fingerprint density at radius 2 is 1.86 bits per heavy atom. The minimum absolute atomic E-state index is 0.177. The maximum absolute atomic E-state index is 12.3. The summed E-state index contributed by atoms with van der Waals surface area (Å²) in [4.78, 5) is 16.7. The summed E-state index contributed by atoms with van der Waals surface area (Å²) in [5.41, 5.74) is 3.39. The third-order valence-electron chi connectivity index (χ3n) is 3.63. The highest BCUT2D eigenvalue weighted by Gasteiger charge is 2.12. The lowest BCUT2D eigenvalue weighted by atomic mass is 10.0. The maximum atomic E-state index is 12.3. The fraction of sp³-hybridized carbons (Fsp3) is 0.235. The first-order valence-corrected chi connectivity index (χ1v) is 7.27. The largest absolute Gasteiger partial charge is 0.305 e. The lowest BCUT2D eigenvalue weighted by Gasteiger charge is -2.07. The number of fused-ring (bicyclic) bond motifs is 1. The normalized spacial score (nSPS) is 11.1. The van der Waals surface area contributed by atoms with Crippen molar-refractivity contribution in [1.29, 1.82) is 0 Å². The van der Waals surface area contributed by atoms with Crippen LogP contribution in [0.25, 0.3) is 11.0 Å². The van der Waals surface area contributed by atoms with Crippen LogP contribution in [-0.2, 0) is 0 Å². The van der Waals surface area contributed by atoms with E-state index in [2.05, 4.69) is 34.3 Å². The van der Waals surface area contributed by atoms with Gasteiger partial charge in [-0.3, -0.25) is 9.89 Å². The molecule has 2 heterocycles. The Morgan fingerprint density at radius 1 is 1.14 bits per heavy atom. The zero-order valence-electron chi connectivity index (χ0n) is 12.8. The van der Waals surface area contributed by atoms with Crippen molar-refractivity contribution in [2.75, 3.05) is 5.32 Å². The monoisotopic (exact) mass is 294 g/mol. The van der Waals surface area contributed by atoms with Gasteiger partial charge in [-0.15, -0.1) is 0 Å². The quantitative estimate of drug-likeness (QED) is 0.774. The lowest BCUT2D eigenvalue weighted by molar-refractivity contribution is 0.102. The summed E-state index contributed by atoms with van der Waals surface area (Å²) in [6.07, 6.45) is 0. The van der Waals surface area contributed by atoms with Crippen LogP contribution in [0.3, 0.4) is 0 Å². The number of anilines is 1. The molecule has 0 atom stereocenters. The fourth-order valence-electron chi connectivity index (χ4n) is 2.30. The van der Waals surface area contributed by atoms with E-state index < -0.39 is 0 Å². The average molecular weight is 294 g/mol. The molecule has 1 aromatic carbocycles. The van der Waals surface area contributed by atoms with Crippen LogP contribution < -0.4 is 5.32 Å². The highest BCUT2D eigenvalue weighted by atomic mass is 16.1. The van der Waals surface area contributed by atoms with E-state index in [-0.39, 0.29) is 5.91 Å². The zero-order chi connectivity index (χ0) is 15.7. The second kappa shape index (κ2) is 5.60. The number of nitrogens with zero attached hydrogens (tertiary/aromatic N) is 2. The third kappa shape index (κ3) is 2.70. The number of amides is 1. The molecule has 3 rings (SSSR count). The predicted octanol–water partition coefficient (Wildman–Crippen LogP) is 3.64. The van der Waals surface area contributed by atoms with Crippen molar-refractivity contribution in [3.8, 4) is 0 Å². The van der Waals surface area contributed by atoms with Gasteiger partial charge in [-0.05, 0) is 42.7 Å². The molecule has 0 saturated heterocycles. The molecule has 0 unspecified atom stereocenters. The maximum Gasteiger partial charge on any atom is 0.256 e. The highest BCUT2D eigenvalue weighted by molar-refractivity contribution is 6.07. The van der Waals surface area contributed by atoms with E-state index in [0.29, 0.717) is 22.9 Å². The Labute approximate surface area is 128 Å². The number of hydrogen-bond donors (Lipinski definition) is 2. The first kappa shape index (κ1) is 14.3. The molecule has 0 aliphatic rings. The number of nitrogens with one attached hydrogen (secondary N) is 2. The molecule has 0 bridgehead atoms. The first-order chi connectivity index (χ1) is 10.5. The van der Waals surface area contributed by atoms with Gasteiger partial charge >= 0.3 is 0 Å². The van der Waals surface area contributed by atoms with Crippen molar-refractivity contribution >= 4 is 22.8 Å². The molecule has 22 heavy (non-hydrogen) atoms. The van der Waals surface area contributed by atoms with E-state index in [1.807, 2.05) is 43.3 Å². The van der Waals surface area contributed by atoms with Gasteiger partial charge < -0.3 is 5.32 Å². The number of rotatable bonds is 3. The van der Waals surface area contributed by atoms with Gasteiger partial charge in [-0.1, -0.05) is 26.0 Å². The van der Waals surface area contributed by atoms with Crippen LogP contribution in [0, 0.1) is 6.92 Å². The highest BCUT2D eigenvalue weighted by Crippen LogP contribution is 2.20. The van der Waals surface area contributed by atoms with Crippen LogP contribution in [-0.4, -0.2) is 21.1 Å². The molecule has 2 aromatic heterocycles. The molecule has 0 spiro atoms. The molecule has 0 fully saturated rings. The van der Waals surface area contributed by atoms with Gasteiger partial charge in [0.25, 0.3) is 5.91 Å². The predicted molar refractivity (Wildman–Crippen MR) is 87.1 cm³/mol. The molecule has 112 valence electrons. The Balaban J connectivity index is 1.83. The number of aromatic amines is 1. The molecule has 3 aromatic rings. The standard InChI is InChI=1S/C17H18N4O/c1-10(2)12-5-7-13(8-6-12)17(22)19-16-14-9-4-11(3)18-15(14)20-21-16/h4-10H,1-3H3,(H2,18,19,20,21,22). The van der Waals surface area contributed by atoms with Gasteiger partial charge in [0.2, 0.25) is 0 Å². The van der Waals surface area contributed by atoms with Crippen molar-refractivity contribution in [3.05, 3.63) is 53.2 Å². The minimum Gasteiger partial charge on any atom is -0.305 e. The summed E-state index contributed by atoms with van der Waals surface area (Å²) in [5, 5.41) is 10.6. The van der Waals surface area contributed by atoms with Crippen LogP contribution >= 0.6 is 0 Å². The second-order valence-electron chi connectivity index (χ2n) is 5.65. The topological polar surface area (TPSA) is 70.7 Å². The molecule has 0 aliphatic carbocycles. The van der Waals surface area contributed by atoms with E-state index >= 15 is 0 Å². The van der Waals surface area contributed by atoms with Crippen molar-refractivity contribution < 1.29 is 4.79 Å². The Bertz CT molecular complexity index is 818. The molecular formula is C17H18N4O. The molecule has 0 radical (unpaired) electrons. The van der Waals surface area contributed by atoms with Gasteiger partial charge in [0, 0.05) is 11.3 Å². The molecular weight excluding hydrogens is 276 g/mol. The molecule has 2 N–H and O–H groups in total. The van der Waals surface area contributed by atoms with Crippen LogP contribution in [0.15, 0.2) is 36.4 Å². The van der Waals surface area contributed by atoms with Gasteiger partial charge in [-0.25, -0.2) is 4.98 Å². The number of benzene rings is 1. The molecule has 1 amide bonds. The number of hydrogen-bond acceptors (Lipinski definition) is 3. The summed E-state index contributed by atoms with van der Waals surface area (Å²) < 4.78 is 0. The summed E-state index contributed by atoms with van der Waals surface area (Å²) in [6.45, 7) is 6.16. The number of H-pyrrole nitrogens is 1. The van der Waals surface area contributed by atoms with Gasteiger partial charge in [-0.2, -0.15) is 5.10 Å². The summed E-state index contributed by atoms with van der Waals surface area (Å²) in [6, 6.07) is 11.4. The second-order valence-corrected chi connectivity index (χ2v) is 5.65. The van der Waals surface area contributed by atoms with E-state index in [4.69, 9.17) is 0 Å². The van der Waals surface area contributed by atoms with E-state index in [1.54, 1.807) is 0 Å². The number of aromatic nitrogens is 3. The van der Waals surface area contributed by atoms with Gasteiger partial charge in [0.1, 0.15) is 0 Å². The molecule has 0 aliphatic heterocycles. The van der Waals surface area contributed by atoms with Crippen molar-refractivity contribution in [1.82, 2.24) is 15.2 Å². The van der Waals surface area contributed by atoms with Crippen LogP contribution in [0.4, 0.5) is 5.82 Å². The van der Waals surface area contributed by atoms with E-state index in [0.717, 1.165) is 11.1 Å². The molecule has 5 nitrogen and oxygen atoms in total. The Kier molecular flexibility index (Phi) is 3.63. The first-order valence-electron chi connectivity index (χ1n) is 7.27. The fourth-order valence-corrected chi connectivity index (χ4v) is 2.30. The summed E-state index contributed by atoms with van der Waals surface area (Å²) in [5.74, 6) is 0.770. The van der Waals surface area contributed by atoms with Gasteiger partial charge in [0.15, 0.2) is 11.5 Å². The molecule has 0 saturated carbocycles. The van der Waals surface area contributed by atoms with Crippen molar-refractivity contribution in [2.45, 2.75) is 26.7 Å². The Morgan fingerprint density at radius 3 is 2.55 bits per heavy atom. The number of pyridine rings is 1. The Hall–Kier alpha value is -2.69. The number of carbonyl (C=O) groups excluding carboxylic acids is 1. The number of aryl methyl sites for hydroxylation is 1. The van der Waals surface area contributed by atoms with Crippen LogP contribution in [0.5, 0.6) is 0 Å². The smallest absolute Gasteiger partial charge is 0.256 e. The lowest BCUT2D eigenvalue weighted by Crippen LogP contribution is -2.12. The summed E-state index contributed by atoms with van der Waals surface area (Å²) in [7, 11) is 0. The summed E-state index contributed by atoms with van der Waals surface area (Å²) >= 11 is 0. The average Bonchev–Trinajstić information content (AvgIpc) is 2.89.